The molecule has 0 radical (unpaired) electrons. The molecular weight excluding hydrogens is 252 g/mol. The lowest BCUT2D eigenvalue weighted by Gasteiger charge is -2.34. The maximum atomic E-state index is 11.9. The maximum Gasteiger partial charge on any atom is 0.287 e. The summed E-state index contributed by atoms with van der Waals surface area (Å²) >= 11 is 6.07. The Labute approximate surface area is 112 Å². The van der Waals surface area contributed by atoms with Crippen LogP contribution in [0.15, 0.2) is 11.0 Å². The van der Waals surface area contributed by atoms with Crippen LogP contribution < -0.4 is 16.6 Å². The highest BCUT2D eigenvalue weighted by atomic mass is 35.5. The fourth-order valence-corrected chi connectivity index (χ4v) is 1.71. The fourth-order valence-electron chi connectivity index (χ4n) is 1.52. The summed E-state index contributed by atoms with van der Waals surface area (Å²) in [5, 5.41) is 7.44. The molecule has 0 aliphatic carbocycles. The van der Waals surface area contributed by atoms with Gasteiger partial charge in [-0.3, -0.25) is 4.79 Å². The number of nitrogens with zero attached hydrogens (tertiary/aromatic N) is 2. The molecule has 1 atom stereocenters. The highest BCUT2D eigenvalue weighted by molar-refractivity contribution is 6.32. The van der Waals surface area contributed by atoms with Gasteiger partial charge < -0.3 is 11.1 Å². The lowest BCUT2D eigenvalue weighted by Crippen LogP contribution is -2.47. The molecule has 102 valence electrons. The number of anilines is 1. The van der Waals surface area contributed by atoms with Gasteiger partial charge in [0.1, 0.15) is 5.02 Å². The second kappa shape index (κ2) is 5.71. The van der Waals surface area contributed by atoms with Crippen LogP contribution in [0, 0.1) is 5.92 Å². The smallest absolute Gasteiger partial charge is 0.287 e. The van der Waals surface area contributed by atoms with E-state index in [2.05, 4.69) is 24.3 Å². The number of aromatic nitrogens is 2. The van der Waals surface area contributed by atoms with Crippen LogP contribution >= 0.6 is 11.6 Å². The first-order valence-corrected chi connectivity index (χ1v) is 6.47. The molecule has 18 heavy (non-hydrogen) atoms. The SMILES string of the molecule is CCn1ncc(NC(C)(CN)C(C)C)c(Cl)c1=O. The van der Waals surface area contributed by atoms with Gasteiger partial charge in [-0.2, -0.15) is 5.10 Å². The summed E-state index contributed by atoms with van der Waals surface area (Å²) in [4.78, 5) is 11.9. The first kappa shape index (κ1) is 15.0. The van der Waals surface area contributed by atoms with Crippen molar-refractivity contribution in [1.29, 1.82) is 0 Å². The lowest BCUT2D eigenvalue weighted by molar-refractivity contribution is 0.382. The number of aryl methyl sites for hydroxylation is 1. The van der Waals surface area contributed by atoms with Crippen molar-refractivity contribution in [2.24, 2.45) is 11.7 Å². The average molecular weight is 273 g/mol. The van der Waals surface area contributed by atoms with E-state index >= 15 is 0 Å². The predicted molar refractivity (Wildman–Crippen MR) is 75.1 cm³/mol. The monoisotopic (exact) mass is 272 g/mol. The number of nitrogens with two attached hydrogens (primary N) is 1. The number of rotatable bonds is 5. The molecule has 1 aromatic rings. The third kappa shape index (κ3) is 2.84. The fraction of sp³-hybridized carbons (Fsp3) is 0.667. The third-order valence-corrected chi connectivity index (χ3v) is 3.77. The molecule has 6 heteroatoms. The van der Waals surface area contributed by atoms with Crippen molar-refractivity contribution >= 4 is 17.3 Å². The Balaban J connectivity index is 3.13. The van der Waals surface area contributed by atoms with E-state index in [0.29, 0.717) is 24.7 Å². The predicted octanol–water partition coefficient (Wildman–Crippen LogP) is 1.70. The van der Waals surface area contributed by atoms with Gasteiger partial charge in [-0.05, 0) is 19.8 Å². The summed E-state index contributed by atoms with van der Waals surface area (Å²) in [6, 6.07) is 0. The highest BCUT2D eigenvalue weighted by Gasteiger charge is 2.27. The van der Waals surface area contributed by atoms with Gasteiger partial charge in [0.25, 0.3) is 5.56 Å². The summed E-state index contributed by atoms with van der Waals surface area (Å²) < 4.78 is 1.32. The normalized spacial score (nSPS) is 14.6. The molecule has 0 saturated heterocycles. The second-order valence-corrected chi connectivity index (χ2v) is 5.27. The topological polar surface area (TPSA) is 72.9 Å². The van der Waals surface area contributed by atoms with E-state index in [-0.39, 0.29) is 16.1 Å². The summed E-state index contributed by atoms with van der Waals surface area (Å²) in [5.41, 5.74) is 5.72. The molecule has 1 rings (SSSR count). The van der Waals surface area contributed by atoms with Gasteiger partial charge in [0.2, 0.25) is 0 Å². The van der Waals surface area contributed by atoms with Gasteiger partial charge in [0.05, 0.1) is 11.9 Å². The molecular formula is C12H21ClN4O. The van der Waals surface area contributed by atoms with Crippen LogP contribution in [0.5, 0.6) is 0 Å². The van der Waals surface area contributed by atoms with E-state index in [1.54, 1.807) is 6.20 Å². The minimum Gasteiger partial charge on any atom is -0.376 e. The summed E-state index contributed by atoms with van der Waals surface area (Å²) in [5.74, 6) is 0.298. The van der Waals surface area contributed by atoms with Crippen LogP contribution in [0.4, 0.5) is 5.69 Å². The summed E-state index contributed by atoms with van der Waals surface area (Å²) in [6.07, 6.45) is 1.57. The van der Waals surface area contributed by atoms with Gasteiger partial charge in [-0.25, -0.2) is 4.68 Å². The van der Waals surface area contributed by atoms with E-state index < -0.39 is 0 Å². The zero-order valence-electron chi connectivity index (χ0n) is 11.3. The van der Waals surface area contributed by atoms with Crippen LogP contribution in [0.3, 0.4) is 0 Å². The van der Waals surface area contributed by atoms with Crippen molar-refractivity contribution in [1.82, 2.24) is 9.78 Å². The van der Waals surface area contributed by atoms with Crippen molar-refractivity contribution in [3.05, 3.63) is 21.6 Å². The summed E-state index contributed by atoms with van der Waals surface area (Å²) in [6.45, 7) is 8.91. The molecule has 0 fully saturated rings. The van der Waals surface area contributed by atoms with E-state index in [1.807, 2.05) is 13.8 Å². The van der Waals surface area contributed by atoms with E-state index in [4.69, 9.17) is 17.3 Å². The minimum absolute atomic E-state index is 0.159. The zero-order valence-corrected chi connectivity index (χ0v) is 12.1. The number of hydrogen-bond donors (Lipinski definition) is 2. The Hall–Kier alpha value is -1.07. The molecule has 0 aliphatic heterocycles. The standard InChI is InChI=1S/C12H21ClN4O/c1-5-17-11(18)10(13)9(6-15-17)16-12(4,7-14)8(2)3/h6,8,16H,5,7,14H2,1-4H3. The average Bonchev–Trinajstić information content (AvgIpc) is 2.35. The molecule has 0 bridgehead atoms. The van der Waals surface area contributed by atoms with Crippen molar-refractivity contribution in [3.63, 3.8) is 0 Å². The van der Waals surface area contributed by atoms with Crippen molar-refractivity contribution in [3.8, 4) is 0 Å². The Morgan fingerprint density at radius 1 is 1.61 bits per heavy atom. The Kier molecular flexibility index (Phi) is 4.76. The molecule has 0 amide bonds. The van der Waals surface area contributed by atoms with Crippen LogP contribution in [0.25, 0.3) is 0 Å². The largest absolute Gasteiger partial charge is 0.376 e. The Morgan fingerprint density at radius 3 is 2.67 bits per heavy atom. The zero-order chi connectivity index (χ0) is 13.9. The number of nitrogens with one attached hydrogen (secondary N) is 1. The van der Waals surface area contributed by atoms with Crippen LogP contribution in [0.1, 0.15) is 27.7 Å². The van der Waals surface area contributed by atoms with Gasteiger partial charge in [-0.1, -0.05) is 25.4 Å². The molecule has 0 saturated carbocycles. The van der Waals surface area contributed by atoms with Crippen LogP contribution in [-0.2, 0) is 6.54 Å². The first-order valence-electron chi connectivity index (χ1n) is 6.09. The minimum atomic E-state index is -0.323. The molecule has 0 spiro atoms. The quantitative estimate of drug-likeness (QED) is 0.856. The first-order chi connectivity index (χ1) is 8.35. The van der Waals surface area contributed by atoms with Crippen molar-refractivity contribution < 1.29 is 0 Å². The molecule has 3 N–H and O–H groups in total. The summed E-state index contributed by atoms with van der Waals surface area (Å²) in [7, 11) is 0. The van der Waals surface area contributed by atoms with Gasteiger partial charge in [0, 0.05) is 18.6 Å². The Bertz CT molecular complexity index is 472. The number of hydrogen-bond acceptors (Lipinski definition) is 4. The Morgan fingerprint density at radius 2 is 2.22 bits per heavy atom. The van der Waals surface area contributed by atoms with E-state index in [0.717, 1.165) is 0 Å². The third-order valence-electron chi connectivity index (χ3n) is 3.40. The lowest BCUT2D eigenvalue weighted by atomic mass is 9.88. The highest BCUT2D eigenvalue weighted by Crippen LogP contribution is 2.24. The molecule has 0 aliphatic rings. The second-order valence-electron chi connectivity index (χ2n) is 4.89. The van der Waals surface area contributed by atoms with Gasteiger partial charge in [0.15, 0.2) is 0 Å². The molecule has 0 aromatic carbocycles. The maximum absolute atomic E-state index is 11.9. The van der Waals surface area contributed by atoms with Gasteiger partial charge >= 0.3 is 0 Å². The molecule has 1 heterocycles. The van der Waals surface area contributed by atoms with Gasteiger partial charge in [-0.15, -0.1) is 0 Å². The van der Waals surface area contributed by atoms with Crippen molar-refractivity contribution in [2.45, 2.75) is 39.8 Å². The molecule has 5 nitrogen and oxygen atoms in total. The van der Waals surface area contributed by atoms with Crippen molar-refractivity contribution in [2.75, 3.05) is 11.9 Å². The molecule has 1 unspecified atom stereocenters. The number of halogens is 1. The van der Waals surface area contributed by atoms with Crippen LogP contribution in [-0.4, -0.2) is 21.9 Å². The molecule has 1 aromatic heterocycles. The van der Waals surface area contributed by atoms with Crippen LogP contribution in [0.2, 0.25) is 5.02 Å². The van der Waals surface area contributed by atoms with E-state index in [1.165, 1.54) is 4.68 Å². The van der Waals surface area contributed by atoms with E-state index in [9.17, 15) is 4.79 Å².